The lowest BCUT2D eigenvalue weighted by molar-refractivity contribution is 0.354. The second-order valence-corrected chi connectivity index (χ2v) is 6.52. The summed E-state index contributed by atoms with van der Waals surface area (Å²) in [5, 5.41) is 8.73. The second-order valence-electron chi connectivity index (χ2n) is 6.52. The van der Waals surface area contributed by atoms with Gasteiger partial charge in [0, 0.05) is 18.8 Å². The molecule has 0 saturated carbocycles. The monoisotopic (exact) mass is 376 g/mol. The van der Waals surface area contributed by atoms with E-state index < -0.39 is 0 Å². The van der Waals surface area contributed by atoms with E-state index in [0.717, 1.165) is 16.9 Å². The molecule has 0 saturated heterocycles. The number of fused-ring (bicyclic) bond motifs is 5. The number of methoxy groups -OCH3 is 2. The van der Waals surface area contributed by atoms with Gasteiger partial charge in [0.25, 0.3) is 0 Å². The first-order chi connectivity index (χ1) is 13.7. The highest BCUT2D eigenvalue weighted by molar-refractivity contribution is 5.69. The molecule has 3 heterocycles. The van der Waals surface area contributed by atoms with E-state index in [9.17, 15) is 4.39 Å². The van der Waals surface area contributed by atoms with Crippen LogP contribution in [-0.4, -0.2) is 33.6 Å². The predicted octanol–water partition coefficient (Wildman–Crippen LogP) is 3.92. The Morgan fingerprint density at radius 2 is 1.68 bits per heavy atom. The van der Waals surface area contributed by atoms with Crippen molar-refractivity contribution >= 4 is 0 Å². The van der Waals surface area contributed by atoms with E-state index in [1.807, 2.05) is 35.0 Å². The van der Waals surface area contributed by atoms with E-state index in [-0.39, 0.29) is 5.82 Å². The molecule has 4 aromatic rings. The standard InChI is InChI=1S/C21H17FN4O2/c1-27-18-10-13-12-25-9-5-8-16(25)21-24-23-20(14-6-3-4-7-15(14)22)26(21)17(13)11-19(18)28-2/h3-11H,12H2,1-2H3. The van der Waals surface area contributed by atoms with Crippen molar-refractivity contribution in [3.8, 4) is 40.1 Å². The van der Waals surface area contributed by atoms with Gasteiger partial charge in [0.2, 0.25) is 0 Å². The summed E-state index contributed by atoms with van der Waals surface area (Å²) in [5.74, 6) is 1.97. The molecule has 2 aromatic carbocycles. The van der Waals surface area contributed by atoms with Crippen molar-refractivity contribution in [3.63, 3.8) is 0 Å². The number of hydrogen-bond donors (Lipinski definition) is 0. The van der Waals surface area contributed by atoms with Crippen LogP contribution in [0.15, 0.2) is 54.7 Å². The highest BCUT2D eigenvalue weighted by Crippen LogP contribution is 2.39. The Bertz CT molecular complexity index is 1200. The minimum absolute atomic E-state index is 0.348. The molecule has 0 aliphatic carbocycles. The molecule has 0 fully saturated rings. The van der Waals surface area contributed by atoms with Crippen LogP contribution in [0.25, 0.3) is 28.6 Å². The van der Waals surface area contributed by atoms with Crippen LogP contribution in [0.3, 0.4) is 0 Å². The Kier molecular flexibility index (Phi) is 3.68. The minimum Gasteiger partial charge on any atom is -0.493 e. The zero-order valence-corrected chi connectivity index (χ0v) is 15.4. The van der Waals surface area contributed by atoms with Crippen LogP contribution in [0.5, 0.6) is 11.5 Å². The fourth-order valence-electron chi connectivity index (χ4n) is 3.68. The molecule has 0 N–H and O–H groups in total. The lowest BCUT2D eigenvalue weighted by Crippen LogP contribution is -2.05. The summed E-state index contributed by atoms with van der Waals surface area (Å²) < 4.78 is 29.5. The van der Waals surface area contributed by atoms with Gasteiger partial charge in [-0.15, -0.1) is 10.2 Å². The number of nitrogens with zero attached hydrogens (tertiary/aromatic N) is 4. The van der Waals surface area contributed by atoms with Crippen molar-refractivity contribution in [2.24, 2.45) is 0 Å². The van der Waals surface area contributed by atoms with Crippen molar-refractivity contribution in [2.75, 3.05) is 14.2 Å². The highest BCUT2D eigenvalue weighted by atomic mass is 19.1. The van der Waals surface area contributed by atoms with Crippen molar-refractivity contribution in [1.29, 1.82) is 0 Å². The Balaban J connectivity index is 1.86. The van der Waals surface area contributed by atoms with E-state index in [4.69, 9.17) is 9.47 Å². The van der Waals surface area contributed by atoms with Crippen LogP contribution in [0.1, 0.15) is 5.56 Å². The Hall–Kier alpha value is -3.61. The lowest BCUT2D eigenvalue weighted by Gasteiger charge is -2.16. The number of aromatic nitrogens is 4. The number of ether oxygens (including phenoxy) is 2. The van der Waals surface area contributed by atoms with Gasteiger partial charge >= 0.3 is 0 Å². The highest BCUT2D eigenvalue weighted by Gasteiger charge is 2.27. The van der Waals surface area contributed by atoms with E-state index >= 15 is 0 Å². The topological polar surface area (TPSA) is 54.1 Å². The SMILES string of the molecule is COc1cc2c(cc1OC)-n1c(-c3ccccc3F)nnc1-c1cccn1C2. The zero-order chi connectivity index (χ0) is 19.3. The predicted molar refractivity (Wildman–Crippen MR) is 102 cm³/mol. The summed E-state index contributed by atoms with van der Waals surface area (Å²) in [6.45, 7) is 0.623. The summed E-state index contributed by atoms with van der Waals surface area (Å²) in [4.78, 5) is 0. The van der Waals surface area contributed by atoms with E-state index in [1.54, 1.807) is 32.4 Å². The van der Waals surface area contributed by atoms with Gasteiger partial charge in [-0.25, -0.2) is 4.39 Å². The number of rotatable bonds is 3. The van der Waals surface area contributed by atoms with Crippen molar-refractivity contribution < 1.29 is 13.9 Å². The third kappa shape index (κ3) is 2.32. The van der Waals surface area contributed by atoms with Crippen LogP contribution < -0.4 is 9.47 Å². The normalized spacial score (nSPS) is 12.0. The van der Waals surface area contributed by atoms with Crippen LogP contribution in [0, 0.1) is 5.82 Å². The molecule has 28 heavy (non-hydrogen) atoms. The van der Waals surface area contributed by atoms with Crippen molar-refractivity contribution in [3.05, 3.63) is 66.1 Å². The van der Waals surface area contributed by atoms with Gasteiger partial charge in [-0.1, -0.05) is 12.1 Å². The Labute approximate surface area is 160 Å². The molecule has 0 bridgehead atoms. The van der Waals surface area contributed by atoms with E-state index in [0.29, 0.717) is 35.3 Å². The van der Waals surface area contributed by atoms with Gasteiger partial charge in [-0.05, 0) is 35.9 Å². The maximum Gasteiger partial charge on any atom is 0.185 e. The van der Waals surface area contributed by atoms with E-state index in [2.05, 4.69) is 14.8 Å². The molecule has 0 amide bonds. The van der Waals surface area contributed by atoms with Gasteiger partial charge < -0.3 is 14.0 Å². The van der Waals surface area contributed by atoms with Crippen LogP contribution >= 0.6 is 0 Å². The number of hydrogen-bond acceptors (Lipinski definition) is 4. The third-order valence-corrected chi connectivity index (χ3v) is 5.00. The molecular formula is C21H17FN4O2. The average Bonchev–Trinajstić information content (AvgIpc) is 3.32. The first kappa shape index (κ1) is 16.6. The molecule has 2 aromatic heterocycles. The van der Waals surface area contributed by atoms with Crippen molar-refractivity contribution in [1.82, 2.24) is 19.3 Å². The molecule has 0 radical (unpaired) electrons. The minimum atomic E-state index is -0.348. The molecule has 6 nitrogen and oxygen atoms in total. The van der Waals surface area contributed by atoms with Crippen LogP contribution in [-0.2, 0) is 6.54 Å². The van der Waals surface area contributed by atoms with Gasteiger partial charge in [0.15, 0.2) is 23.1 Å². The molecule has 140 valence electrons. The summed E-state index contributed by atoms with van der Waals surface area (Å²) in [6.07, 6.45) is 1.99. The average molecular weight is 376 g/mol. The zero-order valence-electron chi connectivity index (χ0n) is 15.4. The Morgan fingerprint density at radius 3 is 2.46 bits per heavy atom. The summed E-state index contributed by atoms with van der Waals surface area (Å²) in [7, 11) is 3.20. The lowest BCUT2D eigenvalue weighted by atomic mass is 10.1. The molecule has 0 unspecified atom stereocenters. The smallest absolute Gasteiger partial charge is 0.185 e. The molecule has 0 spiro atoms. The maximum atomic E-state index is 14.6. The van der Waals surface area contributed by atoms with Gasteiger partial charge in [0.1, 0.15) is 5.82 Å². The number of halogens is 1. The molecule has 7 heteroatoms. The second kappa shape index (κ2) is 6.23. The quantitative estimate of drug-likeness (QED) is 0.479. The first-order valence-electron chi connectivity index (χ1n) is 8.82. The van der Waals surface area contributed by atoms with Crippen LogP contribution in [0.4, 0.5) is 4.39 Å². The largest absolute Gasteiger partial charge is 0.493 e. The summed E-state index contributed by atoms with van der Waals surface area (Å²) in [5.41, 5.74) is 3.12. The van der Waals surface area contributed by atoms with E-state index in [1.165, 1.54) is 6.07 Å². The Morgan fingerprint density at radius 1 is 0.929 bits per heavy atom. The first-order valence-corrected chi connectivity index (χ1v) is 8.82. The summed E-state index contributed by atoms with van der Waals surface area (Å²) >= 11 is 0. The molecule has 5 rings (SSSR count). The molecule has 0 atom stereocenters. The third-order valence-electron chi connectivity index (χ3n) is 5.00. The fraction of sp³-hybridized carbons (Fsp3) is 0.143. The van der Waals surface area contributed by atoms with Crippen LogP contribution in [0.2, 0.25) is 0 Å². The fourth-order valence-corrected chi connectivity index (χ4v) is 3.68. The van der Waals surface area contributed by atoms with Gasteiger partial charge in [0.05, 0.1) is 31.2 Å². The maximum absolute atomic E-state index is 14.6. The number of benzene rings is 2. The molecular weight excluding hydrogens is 359 g/mol. The summed E-state index contributed by atoms with van der Waals surface area (Å²) in [6, 6.07) is 14.3. The molecule has 1 aliphatic rings. The van der Waals surface area contributed by atoms with Gasteiger partial charge in [-0.3, -0.25) is 4.57 Å². The molecule has 1 aliphatic heterocycles. The van der Waals surface area contributed by atoms with Crippen molar-refractivity contribution in [2.45, 2.75) is 6.54 Å². The van der Waals surface area contributed by atoms with Gasteiger partial charge in [-0.2, -0.15) is 0 Å².